The van der Waals surface area contributed by atoms with Gasteiger partial charge in [0.15, 0.2) is 23.0 Å². The molecule has 9 nitrogen and oxygen atoms in total. The zero-order valence-electron chi connectivity index (χ0n) is 20.5. The van der Waals surface area contributed by atoms with E-state index < -0.39 is 5.97 Å². The van der Waals surface area contributed by atoms with Gasteiger partial charge in [-0.05, 0) is 55.0 Å². The topological polar surface area (TPSA) is 110 Å². The van der Waals surface area contributed by atoms with Crippen LogP contribution in [-0.2, 0) is 0 Å². The van der Waals surface area contributed by atoms with Crippen molar-refractivity contribution in [3.05, 3.63) is 90.4 Å². The molecule has 0 atom stereocenters. The minimum atomic E-state index is -0.949. The van der Waals surface area contributed by atoms with E-state index in [0.29, 0.717) is 23.0 Å². The minimum Gasteiger partial charge on any atom is -0.493 e. The fourth-order valence-electron chi connectivity index (χ4n) is 4.05. The Bertz CT molecular complexity index is 1610. The van der Waals surface area contributed by atoms with Crippen molar-refractivity contribution in [3.63, 3.8) is 0 Å². The second kappa shape index (κ2) is 9.90. The Hall–Kier alpha value is -5.05. The Morgan fingerprint density at radius 3 is 2.51 bits per heavy atom. The highest BCUT2D eigenvalue weighted by Gasteiger charge is 2.12. The van der Waals surface area contributed by atoms with E-state index in [1.54, 1.807) is 38.6 Å². The Morgan fingerprint density at radius 1 is 0.946 bits per heavy atom. The zero-order chi connectivity index (χ0) is 25.9. The van der Waals surface area contributed by atoms with Gasteiger partial charge in [-0.1, -0.05) is 12.1 Å². The molecule has 2 aromatic heterocycles. The summed E-state index contributed by atoms with van der Waals surface area (Å²) in [7, 11) is 3.19. The molecule has 0 spiro atoms. The van der Waals surface area contributed by atoms with Gasteiger partial charge in [0.2, 0.25) is 0 Å². The van der Waals surface area contributed by atoms with Crippen LogP contribution < -0.4 is 20.1 Å². The van der Waals surface area contributed by atoms with Crippen molar-refractivity contribution in [1.29, 1.82) is 0 Å². The summed E-state index contributed by atoms with van der Waals surface area (Å²) in [6.45, 7) is 1.87. The standard InChI is InChI=1S/C28H25N5O4/c1-17-13-19(28(34)35)7-9-22(17)30-20-6-4-5-18(14-20)23-16-33-12-11-29-27(33)26(32-23)31-21-8-10-24(36-2)25(15-21)37-3/h4-16,30H,1-3H3,(H,31,32)(H,34,35). The molecule has 0 aliphatic rings. The minimum absolute atomic E-state index is 0.254. The molecular formula is C28H25N5O4. The highest BCUT2D eigenvalue weighted by atomic mass is 16.5. The highest BCUT2D eigenvalue weighted by molar-refractivity contribution is 5.89. The smallest absolute Gasteiger partial charge is 0.335 e. The van der Waals surface area contributed by atoms with Gasteiger partial charge in [-0.3, -0.25) is 0 Å². The summed E-state index contributed by atoms with van der Waals surface area (Å²) >= 11 is 0. The van der Waals surface area contributed by atoms with Crippen molar-refractivity contribution in [1.82, 2.24) is 14.4 Å². The van der Waals surface area contributed by atoms with Crippen LogP contribution in [0.1, 0.15) is 15.9 Å². The third kappa shape index (κ3) is 4.87. The summed E-state index contributed by atoms with van der Waals surface area (Å²) in [6.07, 6.45) is 5.52. The van der Waals surface area contributed by atoms with Crippen molar-refractivity contribution < 1.29 is 19.4 Å². The van der Waals surface area contributed by atoms with Gasteiger partial charge in [-0.25, -0.2) is 14.8 Å². The van der Waals surface area contributed by atoms with E-state index in [9.17, 15) is 9.90 Å². The molecule has 0 saturated carbocycles. The first kappa shape index (κ1) is 23.7. The van der Waals surface area contributed by atoms with Gasteiger partial charge in [-0.2, -0.15) is 0 Å². The van der Waals surface area contributed by atoms with Crippen LogP contribution in [0.4, 0.5) is 22.9 Å². The number of hydrogen-bond acceptors (Lipinski definition) is 7. The first-order valence-electron chi connectivity index (χ1n) is 11.5. The highest BCUT2D eigenvalue weighted by Crippen LogP contribution is 2.32. The lowest BCUT2D eigenvalue weighted by molar-refractivity contribution is 0.0697. The van der Waals surface area contributed by atoms with Gasteiger partial charge in [-0.15, -0.1) is 0 Å². The molecular weight excluding hydrogens is 470 g/mol. The van der Waals surface area contributed by atoms with Crippen LogP contribution >= 0.6 is 0 Å². The number of ether oxygens (including phenoxy) is 2. The van der Waals surface area contributed by atoms with Crippen LogP contribution in [0.2, 0.25) is 0 Å². The second-order valence-corrected chi connectivity index (χ2v) is 8.37. The SMILES string of the molecule is COc1ccc(Nc2nc(-c3cccc(Nc4ccc(C(=O)O)cc4C)c3)cn3ccnc23)cc1OC. The van der Waals surface area contributed by atoms with E-state index in [2.05, 4.69) is 15.6 Å². The molecule has 5 aromatic rings. The van der Waals surface area contributed by atoms with Crippen LogP contribution in [0.15, 0.2) is 79.3 Å². The molecule has 37 heavy (non-hydrogen) atoms. The van der Waals surface area contributed by atoms with Crippen molar-refractivity contribution in [2.45, 2.75) is 6.92 Å². The van der Waals surface area contributed by atoms with Gasteiger partial charge < -0.3 is 29.6 Å². The number of anilines is 4. The number of nitrogens with one attached hydrogen (secondary N) is 2. The van der Waals surface area contributed by atoms with E-state index >= 15 is 0 Å². The second-order valence-electron chi connectivity index (χ2n) is 8.37. The number of rotatable bonds is 8. The normalized spacial score (nSPS) is 10.8. The molecule has 0 aliphatic carbocycles. The molecule has 0 unspecified atom stereocenters. The predicted molar refractivity (Wildman–Crippen MR) is 143 cm³/mol. The van der Waals surface area contributed by atoms with Crippen LogP contribution in [-0.4, -0.2) is 39.7 Å². The number of benzene rings is 3. The number of nitrogens with zero attached hydrogens (tertiary/aromatic N) is 3. The lowest BCUT2D eigenvalue weighted by Crippen LogP contribution is -2.01. The summed E-state index contributed by atoms with van der Waals surface area (Å²) < 4.78 is 12.7. The largest absolute Gasteiger partial charge is 0.493 e. The van der Waals surface area contributed by atoms with E-state index in [4.69, 9.17) is 14.5 Å². The number of hydrogen-bond donors (Lipinski definition) is 3. The summed E-state index contributed by atoms with van der Waals surface area (Å²) in [4.78, 5) is 20.6. The van der Waals surface area contributed by atoms with Gasteiger partial charge >= 0.3 is 5.97 Å². The van der Waals surface area contributed by atoms with E-state index in [1.165, 1.54) is 0 Å². The maximum absolute atomic E-state index is 11.3. The van der Waals surface area contributed by atoms with Gasteiger partial charge in [0, 0.05) is 47.3 Å². The van der Waals surface area contributed by atoms with Crippen molar-refractivity contribution >= 4 is 34.5 Å². The summed E-state index contributed by atoms with van der Waals surface area (Å²) in [5.74, 6) is 0.884. The number of methoxy groups -OCH3 is 2. The molecule has 3 aromatic carbocycles. The van der Waals surface area contributed by atoms with Crippen LogP contribution in [0.5, 0.6) is 11.5 Å². The quantitative estimate of drug-likeness (QED) is 0.244. The average Bonchev–Trinajstić information content (AvgIpc) is 3.39. The number of carbonyl (C=O) groups is 1. The summed E-state index contributed by atoms with van der Waals surface area (Å²) in [5.41, 5.74) is 5.88. The van der Waals surface area contributed by atoms with E-state index in [-0.39, 0.29) is 5.56 Å². The number of aromatic carboxylic acids is 1. The zero-order valence-corrected chi connectivity index (χ0v) is 20.5. The third-order valence-corrected chi connectivity index (χ3v) is 5.93. The first-order chi connectivity index (χ1) is 17.9. The maximum atomic E-state index is 11.3. The number of fused-ring (bicyclic) bond motifs is 1. The van der Waals surface area contributed by atoms with Crippen LogP contribution in [0.25, 0.3) is 16.9 Å². The monoisotopic (exact) mass is 495 g/mol. The van der Waals surface area contributed by atoms with Gasteiger partial charge in [0.05, 0.1) is 25.5 Å². The molecule has 0 amide bonds. The number of aromatic nitrogens is 3. The molecule has 0 saturated heterocycles. The number of aryl methyl sites for hydroxylation is 1. The lowest BCUT2D eigenvalue weighted by atomic mass is 10.1. The van der Waals surface area contributed by atoms with Crippen LogP contribution in [0, 0.1) is 6.92 Å². The molecule has 3 N–H and O–H groups in total. The molecule has 9 heteroatoms. The molecule has 186 valence electrons. The Kier molecular flexibility index (Phi) is 6.34. The lowest BCUT2D eigenvalue weighted by Gasteiger charge is -2.14. The fourth-order valence-corrected chi connectivity index (χ4v) is 4.05. The Balaban J connectivity index is 1.48. The van der Waals surface area contributed by atoms with Crippen molar-refractivity contribution in [3.8, 4) is 22.8 Å². The molecule has 2 heterocycles. The third-order valence-electron chi connectivity index (χ3n) is 5.93. The molecule has 0 aliphatic heterocycles. The van der Waals surface area contributed by atoms with Crippen LogP contribution in [0.3, 0.4) is 0 Å². The van der Waals surface area contributed by atoms with Crippen molar-refractivity contribution in [2.75, 3.05) is 24.9 Å². The molecule has 0 radical (unpaired) electrons. The summed E-state index contributed by atoms with van der Waals surface area (Å²) in [6, 6.07) is 18.4. The number of carboxylic acids is 1. The maximum Gasteiger partial charge on any atom is 0.335 e. The predicted octanol–water partition coefficient (Wildman–Crippen LogP) is 5.91. The number of carboxylic acid groups (broad SMARTS) is 1. The van der Waals surface area contributed by atoms with Crippen molar-refractivity contribution in [2.24, 2.45) is 0 Å². The van der Waals surface area contributed by atoms with E-state index in [0.717, 1.165) is 33.9 Å². The fraction of sp³-hybridized carbons (Fsp3) is 0.107. The summed E-state index contributed by atoms with van der Waals surface area (Å²) in [5, 5.41) is 16.0. The Labute approximate surface area is 213 Å². The Morgan fingerprint density at radius 2 is 1.76 bits per heavy atom. The van der Waals surface area contributed by atoms with E-state index in [1.807, 2.05) is 66.2 Å². The van der Waals surface area contributed by atoms with Gasteiger partial charge in [0.25, 0.3) is 0 Å². The average molecular weight is 496 g/mol. The molecule has 0 bridgehead atoms. The molecule has 5 rings (SSSR count). The number of imidazole rings is 1. The molecule has 0 fully saturated rings. The first-order valence-corrected chi connectivity index (χ1v) is 11.5. The van der Waals surface area contributed by atoms with Gasteiger partial charge in [0.1, 0.15) is 0 Å².